The Labute approximate surface area is 139 Å². The van der Waals surface area contributed by atoms with Gasteiger partial charge in [0.25, 0.3) is 10.2 Å². The van der Waals surface area contributed by atoms with Gasteiger partial charge in [-0.1, -0.05) is 6.07 Å². The number of benzene rings is 1. The van der Waals surface area contributed by atoms with Gasteiger partial charge < -0.3 is 9.47 Å². The van der Waals surface area contributed by atoms with E-state index in [1.807, 2.05) is 12.1 Å². The summed E-state index contributed by atoms with van der Waals surface area (Å²) in [6, 6.07) is 5.98. The third kappa shape index (κ3) is 4.37. The lowest BCUT2D eigenvalue weighted by Gasteiger charge is -2.22. The van der Waals surface area contributed by atoms with Gasteiger partial charge in [0, 0.05) is 20.6 Å². The van der Waals surface area contributed by atoms with E-state index in [2.05, 4.69) is 10.8 Å². The SMILES string of the molecule is CNS(=O)(=O)N(C)CCC(c1ccc(OC)c(OC)c1)C1CC1. The van der Waals surface area contributed by atoms with Crippen LogP contribution in [0.3, 0.4) is 0 Å². The van der Waals surface area contributed by atoms with E-state index in [1.165, 1.54) is 29.8 Å². The molecule has 1 unspecified atom stereocenters. The summed E-state index contributed by atoms with van der Waals surface area (Å²) in [5.41, 5.74) is 1.18. The van der Waals surface area contributed by atoms with Gasteiger partial charge in [-0.25, -0.2) is 4.72 Å². The summed E-state index contributed by atoms with van der Waals surface area (Å²) in [5, 5.41) is 0. The molecule has 0 aliphatic heterocycles. The summed E-state index contributed by atoms with van der Waals surface area (Å²) in [7, 11) is 2.91. The first-order chi connectivity index (χ1) is 10.9. The van der Waals surface area contributed by atoms with Crippen molar-refractivity contribution in [1.82, 2.24) is 9.03 Å². The van der Waals surface area contributed by atoms with Gasteiger partial charge in [0.1, 0.15) is 0 Å². The molecule has 0 radical (unpaired) electrons. The highest BCUT2D eigenvalue weighted by Gasteiger charge is 2.33. The van der Waals surface area contributed by atoms with Crippen LogP contribution in [-0.2, 0) is 10.2 Å². The molecule has 1 fully saturated rings. The molecule has 23 heavy (non-hydrogen) atoms. The highest BCUT2D eigenvalue weighted by Crippen LogP contribution is 2.46. The third-order valence-electron chi connectivity index (χ3n) is 4.45. The first kappa shape index (κ1) is 18.0. The summed E-state index contributed by atoms with van der Waals surface area (Å²) < 4.78 is 38.0. The van der Waals surface area contributed by atoms with Crippen LogP contribution in [0.5, 0.6) is 11.5 Å². The van der Waals surface area contributed by atoms with Gasteiger partial charge in [0.15, 0.2) is 11.5 Å². The van der Waals surface area contributed by atoms with Crippen LogP contribution in [0.2, 0.25) is 0 Å². The van der Waals surface area contributed by atoms with Crippen molar-refractivity contribution in [3.63, 3.8) is 0 Å². The minimum Gasteiger partial charge on any atom is -0.493 e. The largest absolute Gasteiger partial charge is 0.493 e. The van der Waals surface area contributed by atoms with E-state index in [0.717, 1.165) is 6.42 Å². The van der Waals surface area contributed by atoms with Crippen LogP contribution in [-0.4, -0.2) is 47.6 Å². The van der Waals surface area contributed by atoms with E-state index in [9.17, 15) is 8.42 Å². The molecule has 1 aliphatic rings. The molecule has 130 valence electrons. The van der Waals surface area contributed by atoms with Gasteiger partial charge in [-0.15, -0.1) is 0 Å². The summed E-state index contributed by atoms with van der Waals surface area (Å²) in [5.74, 6) is 2.38. The van der Waals surface area contributed by atoms with Crippen LogP contribution in [0.1, 0.15) is 30.7 Å². The molecule has 1 aromatic rings. The maximum absolute atomic E-state index is 11.8. The van der Waals surface area contributed by atoms with Crippen LogP contribution in [0, 0.1) is 5.92 Å². The molecule has 0 aromatic heterocycles. The number of rotatable bonds is 9. The minimum absolute atomic E-state index is 0.337. The molecule has 2 rings (SSSR count). The molecule has 7 heteroatoms. The summed E-state index contributed by atoms with van der Waals surface area (Å²) in [6.45, 7) is 0.485. The van der Waals surface area contributed by atoms with Crippen molar-refractivity contribution < 1.29 is 17.9 Å². The number of ether oxygens (including phenoxy) is 2. The fourth-order valence-corrected chi connectivity index (χ4v) is 3.51. The molecule has 1 atom stereocenters. The predicted molar refractivity (Wildman–Crippen MR) is 90.2 cm³/mol. The number of hydrogen-bond acceptors (Lipinski definition) is 4. The summed E-state index contributed by atoms with van der Waals surface area (Å²) in [4.78, 5) is 0. The second kappa shape index (κ2) is 7.51. The number of methoxy groups -OCH3 is 2. The maximum atomic E-state index is 11.8. The zero-order valence-corrected chi connectivity index (χ0v) is 15.0. The van der Waals surface area contributed by atoms with Crippen molar-refractivity contribution in [3.05, 3.63) is 23.8 Å². The Morgan fingerprint density at radius 3 is 2.43 bits per heavy atom. The van der Waals surface area contributed by atoms with E-state index >= 15 is 0 Å². The van der Waals surface area contributed by atoms with Crippen LogP contribution in [0.4, 0.5) is 0 Å². The Balaban J connectivity index is 2.13. The highest BCUT2D eigenvalue weighted by molar-refractivity contribution is 7.87. The monoisotopic (exact) mass is 342 g/mol. The molecule has 0 saturated heterocycles. The minimum atomic E-state index is -3.37. The van der Waals surface area contributed by atoms with E-state index < -0.39 is 10.2 Å². The lowest BCUT2D eigenvalue weighted by molar-refractivity contribution is 0.353. The van der Waals surface area contributed by atoms with Crippen molar-refractivity contribution in [2.24, 2.45) is 5.92 Å². The Hall–Kier alpha value is -1.31. The van der Waals surface area contributed by atoms with Crippen LogP contribution in [0.25, 0.3) is 0 Å². The summed E-state index contributed by atoms with van der Waals surface area (Å²) >= 11 is 0. The molecule has 6 nitrogen and oxygen atoms in total. The van der Waals surface area contributed by atoms with E-state index in [1.54, 1.807) is 21.3 Å². The predicted octanol–water partition coefficient (Wildman–Crippen LogP) is 1.98. The third-order valence-corrected chi connectivity index (χ3v) is 5.97. The average molecular weight is 342 g/mol. The Morgan fingerprint density at radius 2 is 1.91 bits per heavy atom. The molecule has 0 spiro atoms. The van der Waals surface area contributed by atoms with Gasteiger partial charge in [-0.05, 0) is 48.8 Å². The quantitative estimate of drug-likeness (QED) is 0.745. The lowest BCUT2D eigenvalue weighted by Crippen LogP contribution is -2.37. The van der Waals surface area contributed by atoms with Gasteiger partial charge in [0.05, 0.1) is 14.2 Å². The van der Waals surface area contributed by atoms with Crippen molar-refractivity contribution >= 4 is 10.2 Å². The first-order valence-corrected chi connectivity index (χ1v) is 9.23. The van der Waals surface area contributed by atoms with E-state index in [4.69, 9.17) is 9.47 Å². The molecular weight excluding hydrogens is 316 g/mol. The van der Waals surface area contributed by atoms with Gasteiger partial charge >= 0.3 is 0 Å². The molecule has 0 bridgehead atoms. The summed E-state index contributed by atoms with van der Waals surface area (Å²) in [6.07, 6.45) is 3.18. The fourth-order valence-electron chi connectivity index (χ4n) is 2.85. The second-order valence-electron chi connectivity index (χ2n) is 5.88. The van der Waals surface area contributed by atoms with E-state index in [0.29, 0.717) is 29.9 Å². The Morgan fingerprint density at radius 1 is 1.26 bits per heavy atom. The normalized spacial score (nSPS) is 16.4. The van der Waals surface area contributed by atoms with Crippen molar-refractivity contribution in [3.8, 4) is 11.5 Å². The fraction of sp³-hybridized carbons (Fsp3) is 0.625. The number of nitrogens with zero attached hydrogens (tertiary/aromatic N) is 1. The smallest absolute Gasteiger partial charge is 0.278 e. The molecule has 0 heterocycles. The van der Waals surface area contributed by atoms with Gasteiger partial charge in [-0.3, -0.25) is 0 Å². The van der Waals surface area contributed by atoms with Crippen molar-refractivity contribution in [2.75, 3.05) is 34.9 Å². The maximum Gasteiger partial charge on any atom is 0.278 e. The number of hydrogen-bond donors (Lipinski definition) is 1. The average Bonchev–Trinajstić information content (AvgIpc) is 3.39. The number of nitrogens with one attached hydrogen (secondary N) is 1. The Bertz CT molecular complexity index is 629. The zero-order valence-electron chi connectivity index (χ0n) is 14.2. The van der Waals surface area contributed by atoms with Crippen LogP contribution >= 0.6 is 0 Å². The van der Waals surface area contributed by atoms with Crippen molar-refractivity contribution in [1.29, 1.82) is 0 Å². The van der Waals surface area contributed by atoms with Crippen molar-refractivity contribution in [2.45, 2.75) is 25.2 Å². The zero-order chi connectivity index (χ0) is 17.0. The molecule has 1 N–H and O–H groups in total. The topological polar surface area (TPSA) is 67.9 Å². The first-order valence-electron chi connectivity index (χ1n) is 7.79. The molecule has 1 aromatic carbocycles. The second-order valence-corrected chi connectivity index (χ2v) is 7.86. The van der Waals surface area contributed by atoms with Gasteiger partial charge in [-0.2, -0.15) is 12.7 Å². The molecular formula is C16H26N2O4S. The highest BCUT2D eigenvalue weighted by atomic mass is 32.2. The molecule has 1 saturated carbocycles. The van der Waals surface area contributed by atoms with E-state index in [-0.39, 0.29) is 0 Å². The Kier molecular flexibility index (Phi) is 5.89. The molecule has 1 aliphatic carbocycles. The van der Waals surface area contributed by atoms with Gasteiger partial charge in [0.2, 0.25) is 0 Å². The van der Waals surface area contributed by atoms with Crippen LogP contribution in [0.15, 0.2) is 18.2 Å². The molecule has 0 amide bonds. The standard InChI is InChI=1S/C16H26N2O4S/c1-17-23(19,20)18(2)10-9-14(12-5-6-12)13-7-8-15(21-3)16(11-13)22-4/h7-8,11-12,14,17H,5-6,9-10H2,1-4H3. The van der Waals surface area contributed by atoms with Crippen LogP contribution < -0.4 is 14.2 Å². The lowest BCUT2D eigenvalue weighted by atomic mass is 9.90.